The average molecular weight is 294 g/mol. The summed E-state index contributed by atoms with van der Waals surface area (Å²) >= 11 is 5.81. The normalized spacial score (nSPS) is 22.8. The van der Waals surface area contributed by atoms with Crippen LogP contribution in [0, 0.1) is 5.92 Å². The second-order valence-corrected chi connectivity index (χ2v) is 6.16. The van der Waals surface area contributed by atoms with Gasteiger partial charge in [-0.3, -0.25) is 0 Å². The highest BCUT2D eigenvalue weighted by Gasteiger charge is 2.34. The van der Waals surface area contributed by atoms with E-state index in [1.54, 1.807) is 24.3 Å². The number of anilines is 1. The molecule has 0 bridgehead atoms. The Hall–Kier alpha value is -1.26. The number of urea groups is 1. The number of nitrogens with zero attached hydrogens (tertiary/aromatic N) is 1. The van der Waals surface area contributed by atoms with Gasteiger partial charge in [-0.05, 0) is 56.0 Å². The molecule has 2 aliphatic rings. The lowest BCUT2D eigenvalue weighted by molar-refractivity contribution is 0.249. The zero-order chi connectivity index (χ0) is 13.9. The van der Waals surface area contributed by atoms with Gasteiger partial charge in [-0.2, -0.15) is 0 Å². The lowest BCUT2D eigenvalue weighted by atomic mass is 10.1. The number of nitrogens with one attached hydrogen (secondary N) is 2. The van der Waals surface area contributed by atoms with Crippen LogP contribution in [-0.2, 0) is 0 Å². The van der Waals surface area contributed by atoms with E-state index in [0.29, 0.717) is 10.9 Å². The van der Waals surface area contributed by atoms with E-state index in [2.05, 4.69) is 15.5 Å². The van der Waals surface area contributed by atoms with Crippen molar-refractivity contribution in [3.63, 3.8) is 0 Å². The summed E-state index contributed by atoms with van der Waals surface area (Å²) in [6, 6.07) is 7.82. The Morgan fingerprint density at radius 2 is 2.00 bits per heavy atom. The van der Waals surface area contributed by atoms with Crippen LogP contribution in [0.5, 0.6) is 0 Å². The molecular formula is C15H20ClN3O. The molecule has 1 aromatic rings. The zero-order valence-corrected chi connectivity index (χ0v) is 12.2. The SMILES string of the molecule is O=C(NC[C@@H]1CCN(C2CC2)C1)Nc1ccc(Cl)cc1. The molecule has 1 saturated carbocycles. The topological polar surface area (TPSA) is 44.4 Å². The Morgan fingerprint density at radius 3 is 2.70 bits per heavy atom. The predicted octanol–water partition coefficient (Wildman–Crippen LogP) is 2.95. The minimum atomic E-state index is -0.141. The molecule has 4 nitrogen and oxygen atoms in total. The Balaban J connectivity index is 1.39. The van der Waals surface area contributed by atoms with Crippen LogP contribution in [0.1, 0.15) is 19.3 Å². The summed E-state index contributed by atoms with van der Waals surface area (Å²) in [5, 5.41) is 6.44. The molecule has 1 saturated heterocycles. The summed E-state index contributed by atoms with van der Waals surface area (Å²) in [5.41, 5.74) is 0.762. The van der Waals surface area contributed by atoms with E-state index in [4.69, 9.17) is 11.6 Å². The van der Waals surface area contributed by atoms with Crippen LogP contribution in [0.2, 0.25) is 5.02 Å². The van der Waals surface area contributed by atoms with E-state index >= 15 is 0 Å². The number of halogens is 1. The fourth-order valence-electron chi connectivity index (χ4n) is 2.75. The van der Waals surface area contributed by atoms with Crippen LogP contribution >= 0.6 is 11.6 Å². The van der Waals surface area contributed by atoms with Gasteiger partial charge in [0.1, 0.15) is 0 Å². The monoisotopic (exact) mass is 293 g/mol. The van der Waals surface area contributed by atoms with Crippen molar-refractivity contribution in [1.82, 2.24) is 10.2 Å². The largest absolute Gasteiger partial charge is 0.338 e. The summed E-state index contributed by atoms with van der Waals surface area (Å²) in [5.74, 6) is 0.589. The molecule has 0 aromatic heterocycles. The fraction of sp³-hybridized carbons (Fsp3) is 0.533. The molecule has 2 N–H and O–H groups in total. The van der Waals surface area contributed by atoms with Crippen LogP contribution in [0.25, 0.3) is 0 Å². The molecule has 2 fully saturated rings. The first-order valence-electron chi connectivity index (χ1n) is 7.25. The number of carbonyl (C=O) groups excluding carboxylic acids is 1. The van der Waals surface area contributed by atoms with Crippen LogP contribution < -0.4 is 10.6 Å². The van der Waals surface area contributed by atoms with Gasteiger partial charge >= 0.3 is 6.03 Å². The molecule has 5 heteroatoms. The third-order valence-corrected chi connectivity index (χ3v) is 4.29. The van der Waals surface area contributed by atoms with Gasteiger partial charge in [0.25, 0.3) is 0 Å². The third-order valence-electron chi connectivity index (χ3n) is 4.03. The van der Waals surface area contributed by atoms with Crippen molar-refractivity contribution in [2.45, 2.75) is 25.3 Å². The Kier molecular flexibility index (Phi) is 4.13. The van der Waals surface area contributed by atoms with Gasteiger partial charge in [-0.25, -0.2) is 4.79 Å². The summed E-state index contributed by atoms with van der Waals surface area (Å²) in [6.45, 7) is 3.07. The summed E-state index contributed by atoms with van der Waals surface area (Å²) in [4.78, 5) is 14.4. The van der Waals surface area contributed by atoms with Crippen LogP contribution in [0.4, 0.5) is 10.5 Å². The van der Waals surface area contributed by atoms with Crippen molar-refractivity contribution in [3.8, 4) is 0 Å². The first-order chi connectivity index (χ1) is 9.70. The summed E-state index contributed by atoms with van der Waals surface area (Å²) in [7, 11) is 0. The maximum Gasteiger partial charge on any atom is 0.319 e. The lowest BCUT2D eigenvalue weighted by Crippen LogP contribution is -2.34. The van der Waals surface area contributed by atoms with Gasteiger partial charge in [0.05, 0.1) is 0 Å². The smallest absolute Gasteiger partial charge is 0.319 e. The lowest BCUT2D eigenvalue weighted by Gasteiger charge is -2.15. The van der Waals surface area contributed by atoms with Gasteiger partial charge < -0.3 is 15.5 Å². The molecule has 1 heterocycles. The highest BCUT2D eigenvalue weighted by Crippen LogP contribution is 2.31. The number of amides is 2. The van der Waals surface area contributed by atoms with E-state index in [9.17, 15) is 4.79 Å². The predicted molar refractivity (Wildman–Crippen MR) is 81.2 cm³/mol. The van der Waals surface area contributed by atoms with E-state index in [1.807, 2.05) is 0 Å². The van der Waals surface area contributed by atoms with Crippen molar-refractivity contribution in [1.29, 1.82) is 0 Å². The van der Waals surface area contributed by atoms with Crippen molar-refractivity contribution in [2.75, 3.05) is 25.0 Å². The molecular weight excluding hydrogens is 274 g/mol. The van der Waals surface area contributed by atoms with Crippen LogP contribution in [0.15, 0.2) is 24.3 Å². The van der Waals surface area contributed by atoms with Crippen molar-refractivity contribution in [3.05, 3.63) is 29.3 Å². The van der Waals surface area contributed by atoms with Crippen LogP contribution in [0.3, 0.4) is 0 Å². The third kappa shape index (κ3) is 3.64. The van der Waals surface area contributed by atoms with Crippen molar-refractivity contribution < 1.29 is 4.79 Å². The fourth-order valence-corrected chi connectivity index (χ4v) is 2.87. The molecule has 1 aliphatic carbocycles. The molecule has 3 rings (SSSR count). The number of carbonyl (C=O) groups is 1. The minimum absolute atomic E-state index is 0.141. The standard InChI is InChI=1S/C15H20ClN3O/c16-12-1-3-13(4-2-12)18-15(20)17-9-11-7-8-19(10-11)14-5-6-14/h1-4,11,14H,5-10H2,(H2,17,18,20)/t11-/m0/s1. The van der Waals surface area contributed by atoms with Gasteiger partial charge in [0.2, 0.25) is 0 Å². The minimum Gasteiger partial charge on any atom is -0.338 e. The molecule has 2 amide bonds. The molecule has 1 aromatic carbocycles. The molecule has 0 spiro atoms. The highest BCUT2D eigenvalue weighted by molar-refractivity contribution is 6.30. The second-order valence-electron chi connectivity index (χ2n) is 5.72. The van der Waals surface area contributed by atoms with Gasteiger partial charge in [0.15, 0.2) is 0 Å². The maximum atomic E-state index is 11.8. The van der Waals surface area contributed by atoms with Gasteiger partial charge in [-0.15, -0.1) is 0 Å². The van der Waals surface area contributed by atoms with Crippen molar-refractivity contribution in [2.24, 2.45) is 5.92 Å². The number of rotatable bonds is 4. The Morgan fingerprint density at radius 1 is 1.25 bits per heavy atom. The maximum absolute atomic E-state index is 11.8. The van der Waals surface area contributed by atoms with E-state index < -0.39 is 0 Å². The van der Waals surface area contributed by atoms with Gasteiger partial charge in [-0.1, -0.05) is 11.6 Å². The van der Waals surface area contributed by atoms with E-state index in [-0.39, 0.29) is 6.03 Å². The van der Waals surface area contributed by atoms with E-state index in [1.165, 1.54) is 25.8 Å². The first kappa shape index (κ1) is 13.7. The summed E-state index contributed by atoms with van der Waals surface area (Å²) < 4.78 is 0. The molecule has 108 valence electrons. The van der Waals surface area contributed by atoms with E-state index in [0.717, 1.165) is 24.8 Å². The second kappa shape index (κ2) is 6.02. The number of likely N-dealkylation sites (tertiary alicyclic amines) is 1. The number of hydrogen-bond acceptors (Lipinski definition) is 2. The molecule has 0 unspecified atom stereocenters. The molecule has 20 heavy (non-hydrogen) atoms. The Bertz CT molecular complexity index is 473. The summed E-state index contributed by atoms with van der Waals surface area (Å²) in [6.07, 6.45) is 3.91. The van der Waals surface area contributed by atoms with Gasteiger partial charge in [0, 0.05) is 29.8 Å². The highest BCUT2D eigenvalue weighted by atomic mass is 35.5. The number of benzene rings is 1. The Labute approximate surface area is 124 Å². The zero-order valence-electron chi connectivity index (χ0n) is 11.4. The van der Waals surface area contributed by atoms with Crippen LogP contribution in [-0.4, -0.2) is 36.6 Å². The molecule has 0 radical (unpaired) electrons. The average Bonchev–Trinajstić information content (AvgIpc) is 3.18. The quantitative estimate of drug-likeness (QED) is 0.896. The van der Waals surface area contributed by atoms with Crippen molar-refractivity contribution >= 4 is 23.3 Å². The first-order valence-corrected chi connectivity index (χ1v) is 7.63. The molecule has 1 aliphatic heterocycles. The number of hydrogen-bond donors (Lipinski definition) is 2. The molecule has 1 atom stereocenters.